The van der Waals surface area contributed by atoms with Crippen LogP contribution in [0, 0.1) is 0 Å². The first-order valence-electron chi connectivity index (χ1n) is 6.51. The summed E-state index contributed by atoms with van der Waals surface area (Å²) in [6.45, 7) is 0.436. The molecule has 0 saturated carbocycles. The van der Waals surface area contributed by atoms with Gasteiger partial charge in [-0.25, -0.2) is 18.6 Å². The van der Waals surface area contributed by atoms with E-state index in [0.29, 0.717) is 11.3 Å². The number of amides is 1. The molecule has 1 aliphatic rings. The molecular weight excluding hydrogens is 282 g/mol. The van der Waals surface area contributed by atoms with Crippen molar-refractivity contribution in [2.24, 2.45) is 5.73 Å². The van der Waals surface area contributed by atoms with Crippen molar-refractivity contribution in [1.29, 1.82) is 0 Å². The highest BCUT2D eigenvalue weighted by Crippen LogP contribution is 2.33. The zero-order valence-electron chi connectivity index (χ0n) is 11.1. The van der Waals surface area contributed by atoms with E-state index in [1.165, 1.54) is 0 Å². The summed E-state index contributed by atoms with van der Waals surface area (Å²) >= 11 is 0. The molecule has 0 atom stereocenters. The van der Waals surface area contributed by atoms with Crippen LogP contribution in [0.25, 0.3) is 5.65 Å². The van der Waals surface area contributed by atoms with Gasteiger partial charge in [-0.3, -0.25) is 0 Å². The van der Waals surface area contributed by atoms with Crippen LogP contribution in [0.5, 0.6) is 5.75 Å². The molecule has 0 bridgehead atoms. The number of anilines is 1. The van der Waals surface area contributed by atoms with Crippen molar-refractivity contribution < 1.29 is 18.3 Å². The molecule has 21 heavy (non-hydrogen) atoms. The quantitative estimate of drug-likeness (QED) is 0.920. The van der Waals surface area contributed by atoms with Gasteiger partial charge < -0.3 is 19.8 Å². The van der Waals surface area contributed by atoms with Crippen LogP contribution in [-0.4, -0.2) is 34.5 Å². The van der Waals surface area contributed by atoms with E-state index in [0.717, 1.165) is 0 Å². The number of piperidine rings is 1. The Hall–Kier alpha value is -2.38. The smallest absolute Gasteiger partial charge is 0.409 e. The van der Waals surface area contributed by atoms with Gasteiger partial charge in [0, 0.05) is 44.4 Å². The summed E-state index contributed by atoms with van der Waals surface area (Å²) < 4.78 is 33.1. The third-order valence-corrected chi connectivity index (χ3v) is 3.50. The minimum absolute atomic E-state index is 0.208. The molecule has 112 valence electrons. The van der Waals surface area contributed by atoms with Crippen LogP contribution in [0.2, 0.25) is 0 Å². The third-order valence-electron chi connectivity index (χ3n) is 3.50. The van der Waals surface area contributed by atoms with Gasteiger partial charge in [-0.1, -0.05) is 0 Å². The Morgan fingerprint density at radius 3 is 2.76 bits per heavy atom. The number of halogens is 2. The lowest BCUT2D eigenvalue weighted by molar-refractivity contribution is -0.0220. The van der Waals surface area contributed by atoms with Crippen molar-refractivity contribution in [2.45, 2.75) is 18.8 Å². The zero-order chi connectivity index (χ0) is 15.0. The first-order chi connectivity index (χ1) is 9.94. The number of carbonyl (C=O) groups excluding carboxylic acids is 1. The largest absolute Gasteiger partial charge is 0.410 e. The van der Waals surface area contributed by atoms with Crippen LogP contribution >= 0.6 is 0 Å². The molecule has 0 aromatic carbocycles. The molecule has 8 heteroatoms. The number of imidazole rings is 1. The molecule has 0 aliphatic carbocycles. The maximum atomic E-state index is 13.3. The minimum Gasteiger partial charge on any atom is -0.409 e. The molecule has 0 spiro atoms. The molecule has 2 aromatic rings. The lowest BCUT2D eigenvalue weighted by atomic mass is 10.1. The number of nitrogens with zero attached hydrogens (tertiary/aromatic N) is 3. The highest BCUT2D eigenvalue weighted by molar-refractivity contribution is 5.74. The van der Waals surface area contributed by atoms with E-state index in [2.05, 4.69) is 4.98 Å². The monoisotopic (exact) mass is 296 g/mol. The fourth-order valence-electron chi connectivity index (χ4n) is 2.47. The number of alkyl halides is 2. The van der Waals surface area contributed by atoms with Crippen molar-refractivity contribution >= 4 is 17.4 Å². The number of rotatable bonds is 2. The fourth-order valence-corrected chi connectivity index (χ4v) is 2.47. The normalized spacial score (nSPS) is 17.9. The highest BCUT2D eigenvalue weighted by atomic mass is 19.3. The van der Waals surface area contributed by atoms with E-state index in [9.17, 15) is 13.6 Å². The summed E-state index contributed by atoms with van der Waals surface area (Å²) in [7, 11) is 0. The van der Waals surface area contributed by atoms with Gasteiger partial charge in [-0.15, -0.1) is 0 Å². The van der Waals surface area contributed by atoms with Gasteiger partial charge in [0.1, 0.15) is 0 Å². The third kappa shape index (κ3) is 2.74. The average Bonchev–Trinajstić information content (AvgIpc) is 2.85. The van der Waals surface area contributed by atoms with Gasteiger partial charge in [0.05, 0.1) is 11.9 Å². The number of hydrogen-bond acceptors (Lipinski definition) is 4. The lowest BCUT2D eigenvalue weighted by Gasteiger charge is -2.33. The molecule has 1 amide bonds. The maximum Gasteiger partial charge on any atom is 0.410 e. The number of ether oxygens (including phenoxy) is 1. The van der Waals surface area contributed by atoms with E-state index in [-0.39, 0.29) is 31.7 Å². The molecule has 2 aromatic heterocycles. The van der Waals surface area contributed by atoms with E-state index in [1.54, 1.807) is 29.1 Å². The number of pyridine rings is 1. The van der Waals surface area contributed by atoms with Gasteiger partial charge in [0.25, 0.3) is 5.92 Å². The minimum atomic E-state index is -2.62. The van der Waals surface area contributed by atoms with Crippen LogP contribution in [0.15, 0.2) is 24.7 Å². The van der Waals surface area contributed by atoms with Crippen molar-refractivity contribution in [1.82, 2.24) is 9.38 Å². The van der Waals surface area contributed by atoms with E-state index < -0.39 is 12.0 Å². The lowest BCUT2D eigenvalue weighted by Crippen LogP contribution is -2.39. The summed E-state index contributed by atoms with van der Waals surface area (Å²) in [4.78, 5) is 16.9. The predicted molar refractivity (Wildman–Crippen MR) is 71.8 cm³/mol. The van der Waals surface area contributed by atoms with Crippen LogP contribution in [0.1, 0.15) is 12.8 Å². The second kappa shape index (κ2) is 4.87. The maximum absolute atomic E-state index is 13.3. The Morgan fingerprint density at radius 1 is 1.38 bits per heavy atom. The van der Waals surface area contributed by atoms with Gasteiger partial charge in [0.15, 0.2) is 11.4 Å². The van der Waals surface area contributed by atoms with Crippen molar-refractivity contribution in [3.05, 3.63) is 24.7 Å². The van der Waals surface area contributed by atoms with Crippen molar-refractivity contribution in [2.75, 3.05) is 18.0 Å². The second-order valence-corrected chi connectivity index (χ2v) is 4.98. The average molecular weight is 296 g/mol. The van der Waals surface area contributed by atoms with Crippen LogP contribution in [0.3, 0.4) is 0 Å². The Labute approximate surface area is 119 Å². The summed E-state index contributed by atoms with van der Waals surface area (Å²) in [6.07, 6.45) is 3.50. The Morgan fingerprint density at radius 2 is 2.10 bits per heavy atom. The standard InChI is InChI=1S/C13H14F2N4O2/c14-13(15)1-4-18(5-2-13)10-7-9(21-12(16)20)8-19-6-3-17-11(10)19/h3,6-8H,1-2,4-5H2,(H2,16,20). The zero-order valence-corrected chi connectivity index (χ0v) is 11.1. The number of aromatic nitrogens is 2. The topological polar surface area (TPSA) is 72.9 Å². The summed E-state index contributed by atoms with van der Waals surface area (Å²) in [6, 6.07) is 1.59. The van der Waals surface area contributed by atoms with Gasteiger partial charge in [-0.2, -0.15) is 0 Å². The highest BCUT2D eigenvalue weighted by Gasteiger charge is 2.34. The van der Waals surface area contributed by atoms with Gasteiger partial charge in [0.2, 0.25) is 0 Å². The number of carbonyl (C=O) groups is 1. The van der Waals surface area contributed by atoms with Gasteiger partial charge >= 0.3 is 6.09 Å². The van der Waals surface area contributed by atoms with Crippen LogP contribution in [-0.2, 0) is 0 Å². The molecule has 1 fully saturated rings. The Bertz CT molecular complexity index is 676. The SMILES string of the molecule is NC(=O)Oc1cc(N2CCC(F)(F)CC2)c2nccn2c1. The number of primary amides is 1. The number of fused-ring (bicyclic) bond motifs is 1. The summed E-state index contributed by atoms with van der Waals surface area (Å²) in [5, 5.41) is 0. The first kappa shape index (κ1) is 13.6. The molecule has 2 N–H and O–H groups in total. The Balaban J connectivity index is 1.96. The molecule has 3 rings (SSSR count). The molecule has 0 unspecified atom stereocenters. The molecule has 3 heterocycles. The van der Waals surface area contributed by atoms with Crippen molar-refractivity contribution in [3.63, 3.8) is 0 Å². The number of hydrogen-bond donors (Lipinski definition) is 1. The van der Waals surface area contributed by atoms with Crippen LogP contribution < -0.4 is 15.4 Å². The second-order valence-electron chi connectivity index (χ2n) is 4.98. The summed E-state index contributed by atoms with van der Waals surface area (Å²) in [5.74, 6) is -2.37. The molecule has 6 nitrogen and oxygen atoms in total. The molecule has 0 radical (unpaired) electrons. The molecule has 1 aliphatic heterocycles. The van der Waals surface area contributed by atoms with E-state index in [1.807, 2.05) is 4.90 Å². The van der Waals surface area contributed by atoms with Crippen LogP contribution in [0.4, 0.5) is 19.3 Å². The van der Waals surface area contributed by atoms with E-state index >= 15 is 0 Å². The first-order valence-corrected chi connectivity index (χ1v) is 6.51. The molecular formula is C13H14F2N4O2. The predicted octanol–water partition coefficient (Wildman–Crippen LogP) is 2.03. The Kier molecular flexibility index (Phi) is 3.15. The van der Waals surface area contributed by atoms with E-state index in [4.69, 9.17) is 10.5 Å². The summed E-state index contributed by atoms with van der Waals surface area (Å²) in [5.41, 5.74) is 6.28. The molecule has 1 saturated heterocycles. The van der Waals surface area contributed by atoms with Crippen molar-refractivity contribution in [3.8, 4) is 5.75 Å². The fraction of sp³-hybridized carbons (Fsp3) is 0.385. The number of nitrogens with two attached hydrogens (primary N) is 1. The van der Waals surface area contributed by atoms with Gasteiger partial charge in [-0.05, 0) is 0 Å².